The van der Waals surface area contributed by atoms with Crippen molar-refractivity contribution in [1.82, 2.24) is 14.5 Å². The van der Waals surface area contributed by atoms with E-state index in [1.807, 2.05) is 0 Å². The van der Waals surface area contributed by atoms with Crippen LogP contribution in [0.4, 0.5) is 19.0 Å². The van der Waals surface area contributed by atoms with Crippen LogP contribution in [0.2, 0.25) is 5.02 Å². The Labute approximate surface area is 157 Å². The molecule has 10 heteroatoms. The first-order valence-corrected chi connectivity index (χ1v) is 8.54. The van der Waals surface area contributed by atoms with Crippen LogP contribution in [0.25, 0.3) is 0 Å². The van der Waals surface area contributed by atoms with Crippen LogP contribution in [0.1, 0.15) is 5.56 Å². The summed E-state index contributed by atoms with van der Waals surface area (Å²) in [5.41, 5.74) is -1.16. The first-order chi connectivity index (χ1) is 12.8. The van der Waals surface area contributed by atoms with Gasteiger partial charge in [0.15, 0.2) is 0 Å². The molecule has 27 heavy (non-hydrogen) atoms. The van der Waals surface area contributed by atoms with Gasteiger partial charge in [0.2, 0.25) is 5.91 Å². The Morgan fingerprint density at radius 2 is 1.89 bits per heavy atom. The molecule has 0 saturated carbocycles. The van der Waals surface area contributed by atoms with Gasteiger partial charge in [-0.25, -0.2) is 4.98 Å². The first kappa shape index (κ1) is 19.2. The maximum atomic E-state index is 12.7. The van der Waals surface area contributed by atoms with Crippen LogP contribution in [0.3, 0.4) is 0 Å². The normalized spacial score (nSPS) is 15.1. The monoisotopic (exact) mass is 400 g/mol. The van der Waals surface area contributed by atoms with Gasteiger partial charge in [-0.2, -0.15) is 13.2 Å². The third kappa shape index (κ3) is 4.41. The van der Waals surface area contributed by atoms with Crippen LogP contribution >= 0.6 is 11.6 Å². The van der Waals surface area contributed by atoms with Gasteiger partial charge in [-0.05, 0) is 12.1 Å². The fourth-order valence-electron chi connectivity index (χ4n) is 2.82. The highest BCUT2D eigenvalue weighted by Gasteiger charge is 2.32. The quantitative estimate of drug-likeness (QED) is 0.793. The molecule has 1 saturated heterocycles. The van der Waals surface area contributed by atoms with Gasteiger partial charge in [-0.3, -0.25) is 9.59 Å². The van der Waals surface area contributed by atoms with Crippen molar-refractivity contribution in [2.24, 2.45) is 0 Å². The van der Waals surface area contributed by atoms with E-state index in [0.29, 0.717) is 26.2 Å². The van der Waals surface area contributed by atoms with E-state index in [0.717, 1.165) is 12.3 Å². The van der Waals surface area contributed by atoms with Crippen molar-refractivity contribution in [1.29, 1.82) is 0 Å². The number of alkyl halides is 3. The molecular formula is C17H16ClF3N4O2. The van der Waals surface area contributed by atoms with E-state index in [1.165, 1.54) is 10.6 Å². The molecule has 0 aromatic carbocycles. The number of piperazine rings is 1. The fourth-order valence-corrected chi connectivity index (χ4v) is 3.11. The number of aromatic nitrogens is 2. The lowest BCUT2D eigenvalue weighted by Crippen LogP contribution is -2.50. The summed E-state index contributed by atoms with van der Waals surface area (Å²) in [6.07, 6.45) is -2.21. The Balaban J connectivity index is 1.63. The summed E-state index contributed by atoms with van der Waals surface area (Å²) >= 11 is 5.97. The van der Waals surface area contributed by atoms with E-state index in [-0.39, 0.29) is 28.9 Å². The number of nitrogens with zero attached hydrogens (tertiary/aromatic N) is 4. The van der Waals surface area contributed by atoms with Gasteiger partial charge in [0.1, 0.15) is 12.4 Å². The summed E-state index contributed by atoms with van der Waals surface area (Å²) in [4.78, 5) is 31.2. The second-order valence-corrected chi connectivity index (χ2v) is 6.47. The van der Waals surface area contributed by atoms with Crippen molar-refractivity contribution in [2.45, 2.75) is 12.7 Å². The van der Waals surface area contributed by atoms with E-state index in [2.05, 4.69) is 4.98 Å². The average molecular weight is 401 g/mol. The van der Waals surface area contributed by atoms with Gasteiger partial charge in [-0.1, -0.05) is 17.7 Å². The number of hydrogen-bond acceptors (Lipinski definition) is 4. The SMILES string of the molecule is O=C(Cn1ccccc1=O)N1CCN(c2ncc(C(F)(F)F)cc2Cl)CC1. The number of anilines is 1. The highest BCUT2D eigenvalue weighted by molar-refractivity contribution is 6.33. The number of carbonyl (C=O) groups is 1. The molecule has 1 amide bonds. The molecule has 1 aliphatic heterocycles. The number of amides is 1. The van der Waals surface area contributed by atoms with Crippen LogP contribution in [-0.4, -0.2) is 46.5 Å². The molecule has 0 aliphatic carbocycles. The third-order valence-corrected chi connectivity index (χ3v) is 4.56. The fraction of sp³-hybridized carbons (Fsp3) is 0.353. The van der Waals surface area contributed by atoms with E-state index in [4.69, 9.17) is 11.6 Å². The number of halogens is 4. The lowest BCUT2D eigenvalue weighted by Gasteiger charge is -2.36. The Morgan fingerprint density at radius 3 is 2.48 bits per heavy atom. The summed E-state index contributed by atoms with van der Waals surface area (Å²) < 4.78 is 39.4. The molecule has 0 bridgehead atoms. The molecule has 6 nitrogen and oxygen atoms in total. The smallest absolute Gasteiger partial charge is 0.352 e. The van der Waals surface area contributed by atoms with Gasteiger partial charge in [-0.15, -0.1) is 0 Å². The molecule has 0 spiro atoms. The van der Waals surface area contributed by atoms with Crippen molar-refractivity contribution in [3.63, 3.8) is 0 Å². The molecule has 0 N–H and O–H groups in total. The van der Waals surface area contributed by atoms with Crippen LogP contribution in [-0.2, 0) is 17.5 Å². The number of pyridine rings is 2. The van der Waals surface area contributed by atoms with Gasteiger partial charge >= 0.3 is 6.18 Å². The Morgan fingerprint density at radius 1 is 1.19 bits per heavy atom. The molecule has 2 aromatic rings. The molecule has 1 aliphatic rings. The van der Waals surface area contributed by atoms with Gasteiger partial charge in [0.05, 0.1) is 10.6 Å². The molecule has 2 aromatic heterocycles. The summed E-state index contributed by atoms with van der Waals surface area (Å²) in [5, 5.41) is -0.0829. The van der Waals surface area contributed by atoms with Crippen LogP contribution < -0.4 is 10.5 Å². The second-order valence-electron chi connectivity index (χ2n) is 6.06. The second kappa shape index (κ2) is 7.59. The zero-order valence-electron chi connectivity index (χ0n) is 14.1. The molecule has 0 unspecified atom stereocenters. The minimum atomic E-state index is -4.50. The lowest BCUT2D eigenvalue weighted by atomic mass is 10.2. The summed E-state index contributed by atoms with van der Waals surface area (Å²) in [5.74, 6) is 0.0606. The van der Waals surface area contributed by atoms with Crippen LogP contribution in [0.15, 0.2) is 41.5 Å². The Bertz CT molecular complexity index is 892. The molecular weight excluding hydrogens is 385 g/mol. The zero-order valence-corrected chi connectivity index (χ0v) is 14.9. The number of rotatable bonds is 3. The van der Waals surface area contributed by atoms with Crippen molar-refractivity contribution in [3.05, 3.63) is 57.6 Å². The van der Waals surface area contributed by atoms with E-state index >= 15 is 0 Å². The predicted molar refractivity (Wildman–Crippen MR) is 93.7 cm³/mol. The maximum Gasteiger partial charge on any atom is 0.417 e. The molecule has 0 radical (unpaired) electrons. The maximum absolute atomic E-state index is 12.7. The molecule has 3 heterocycles. The summed E-state index contributed by atoms with van der Waals surface area (Å²) in [7, 11) is 0. The Kier molecular flexibility index (Phi) is 5.41. The molecule has 144 valence electrons. The summed E-state index contributed by atoms with van der Waals surface area (Å²) in [6.45, 7) is 1.43. The number of carbonyl (C=O) groups excluding carboxylic acids is 1. The standard InChI is InChI=1S/C17H16ClF3N4O2/c18-13-9-12(17(19,20)21)10-22-16(13)24-7-5-23(6-8-24)15(27)11-25-4-2-1-3-14(25)26/h1-4,9-10H,5-8,11H2. The first-order valence-electron chi connectivity index (χ1n) is 8.16. The Hall–Kier alpha value is -2.55. The topological polar surface area (TPSA) is 58.4 Å². The average Bonchev–Trinajstić information content (AvgIpc) is 2.63. The predicted octanol–water partition coefficient (Wildman–Crippen LogP) is 2.26. The van der Waals surface area contributed by atoms with Gasteiger partial charge in [0, 0.05) is 44.6 Å². The third-order valence-electron chi connectivity index (χ3n) is 4.29. The molecule has 0 atom stereocenters. The highest BCUT2D eigenvalue weighted by atomic mass is 35.5. The van der Waals surface area contributed by atoms with Gasteiger partial charge in [0.25, 0.3) is 5.56 Å². The van der Waals surface area contributed by atoms with E-state index in [9.17, 15) is 22.8 Å². The van der Waals surface area contributed by atoms with E-state index < -0.39 is 11.7 Å². The van der Waals surface area contributed by atoms with Gasteiger partial charge < -0.3 is 14.4 Å². The molecule has 1 fully saturated rings. The van der Waals surface area contributed by atoms with Crippen LogP contribution in [0.5, 0.6) is 0 Å². The largest absolute Gasteiger partial charge is 0.417 e. The van der Waals surface area contributed by atoms with Crippen molar-refractivity contribution < 1.29 is 18.0 Å². The minimum Gasteiger partial charge on any atom is -0.352 e. The summed E-state index contributed by atoms with van der Waals surface area (Å²) in [6, 6.07) is 5.50. The highest BCUT2D eigenvalue weighted by Crippen LogP contribution is 2.33. The van der Waals surface area contributed by atoms with E-state index in [1.54, 1.807) is 28.1 Å². The minimum absolute atomic E-state index is 0.0566. The van der Waals surface area contributed by atoms with Crippen molar-refractivity contribution >= 4 is 23.3 Å². The lowest BCUT2D eigenvalue weighted by molar-refractivity contribution is -0.138. The number of hydrogen-bond donors (Lipinski definition) is 0. The van der Waals surface area contributed by atoms with Crippen LogP contribution in [0, 0.1) is 0 Å². The van der Waals surface area contributed by atoms with Crippen molar-refractivity contribution in [2.75, 3.05) is 31.1 Å². The van der Waals surface area contributed by atoms with Crippen molar-refractivity contribution in [3.8, 4) is 0 Å². The molecule has 3 rings (SSSR count). The zero-order chi connectivity index (χ0) is 19.6.